The number of rotatable bonds is 7. The van der Waals surface area contributed by atoms with E-state index in [4.69, 9.17) is 0 Å². The van der Waals surface area contributed by atoms with E-state index < -0.39 is 6.04 Å². The van der Waals surface area contributed by atoms with Crippen LogP contribution in [0, 0.1) is 0 Å². The van der Waals surface area contributed by atoms with E-state index in [1.54, 1.807) is 24.8 Å². The van der Waals surface area contributed by atoms with E-state index in [1.807, 2.05) is 48.5 Å². The van der Waals surface area contributed by atoms with Crippen molar-refractivity contribution in [3.05, 3.63) is 94.5 Å². The zero-order valence-corrected chi connectivity index (χ0v) is 15.7. The molecule has 1 amide bonds. The summed E-state index contributed by atoms with van der Waals surface area (Å²) in [5, 5.41) is 6.31. The van der Waals surface area contributed by atoms with Crippen LogP contribution in [-0.2, 0) is 17.9 Å². The molecule has 26 heavy (non-hydrogen) atoms. The smallest absolute Gasteiger partial charge is 0.242 e. The van der Waals surface area contributed by atoms with Crippen LogP contribution in [0.5, 0.6) is 0 Å². The predicted octanol–water partition coefficient (Wildman–Crippen LogP) is 3.39. The molecule has 1 unspecified atom stereocenters. The minimum atomic E-state index is -0.484. The van der Waals surface area contributed by atoms with E-state index in [-0.39, 0.29) is 5.91 Å². The maximum atomic E-state index is 12.9. The van der Waals surface area contributed by atoms with Crippen molar-refractivity contribution < 1.29 is 4.79 Å². The highest BCUT2D eigenvalue weighted by atomic mass is 79.9. The molecule has 132 valence electrons. The second-order valence-corrected chi connectivity index (χ2v) is 6.63. The van der Waals surface area contributed by atoms with Gasteiger partial charge in [0.25, 0.3) is 0 Å². The second kappa shape index (κ2) is 9.22. The number of nitrogens with zero attached hydrogens (tertiary/aromatic N) is 2. The van der Waals surface area contributed by atoms with Crippen LogP contribution in [0.4, 0.5) is 0 Å². The van der Waals surface area contributed by atoms with Crippen LogP contribution >= 0.6 is 15.9 Å². The number of nitrogens with one attached hydrogen (secondary N) is 2. The molecular formula is C20H19BrN4O. The van der Waals surface area contributed by atoms with Gasteiger partial charge in [0.2, 0.25) is 5.91 Å². The van der Waals surface area contributed by atoms with Crippen molar-refractivity contribution in [3.63, 3.8) is 0 Å². The van der Waals surface area contributed by atoms with Gasteiger partial charge >= 0.3 is 0 Å². The second-order valence-electron chi connectivity index (χ2n) is 5.78. The third kappa shape index (κ3) is 4.97. The first kappa shape index (κ1) is 18.2. The maximum absolute atomic E-state index is 12.9. The lowest BCUT2D eigenvalue weighted by molar-refractivity contribution is -0.123. The highest BCUT2D eigenvalue weighted by Crippen LogP contribution is 2.24. The molecule has 0 bridgehead atoms. The highest BCUT2D eigenvalue weighted by Gasteiger charge is 2.22. The highest BCUT2D eigenvalue weighted by molar-refractivity contribution is 9.10. The Balaban J connectivity index is 1.73. The topological polar surface area (TPSA) is 66.9 Å². The standard InChI is InChI=1S/C20H19BrN4O/c21-18-8-2-1-7-17(18)19(24-13-15-5-3-9-22-11-15)20(26)25-14-16-6-4-10-23-12-16/h1-12,19,24H,13-14H2,(H,25,26). The fraction of sp³-hybridized carbons (Fsp3) is 0.150. The van der Waals surface area contributed by atoms with E-state index in [9.17, 15) is 4.79 Å². The number of aromatic nitrogens is 2. The van der Waals surface area contributed by atoms with Crippen LogP contribution in [0.3, 0.4) is 0 Å². The minimum absolute atomic E-state index is 0.0929. The Kier molecular flexibility index (Phi) is 6.46. The van der Waals surface area contributed by atoms with Crippen molar-refractivity contribution in [2.75, 3.05) is 0 Å². The van der Waals surface area contributed by atoms with Crippen LogP contribution in [0.15, 0.2) is 77.8 Å². The van der Waals surface area contributed by atoms with Crippen LogP contribution in [-0.4, -0.2) is 15.9 Å². The lowest BCUT2D eigenvalue weighted by atomic mass is 10.1. The lowest BCUT2D eigenvalue weighted by Gasteiger charge is -2.20. The Hall–Kier alpha value is -2.57. The molecule has 2 aromatic heterocycles. The van der Waals surface area contributed by atoms with E-state index >= 15 is 0 Å². The number of amides is 1. The largest absolute Gasteiger partial charge is 0.350 e. The summed E-state index contributed by atoms with van der Waals surface area (Å²) in [4.78, 5) is 21.1. The van der Waals surface area contributed by atoms with Crippen LogP contribution in [0.2, 0.25) is 0 Å². The summed E-state index contributed by atoms with van der Waals surface area (Å²) in [7, 11) is 0. The van der Waals surface area contributed by atoms with Gasteiger partial charge in [0.05, 0.1) is 0 Å². The van der Waals surface area contributed by atoms with Gasteiger partial charge in [-0.3, -0.25) is 20.1 Å². The molecule has 6 heteroatoms. The molecule has 1 aromatic carbocycles. The molecule has 0 spiro atoms. The Morgan fingerprint density at radius 1 is 0.923 bits per heavy atom. The van der Waals surface area contributed by atoms with Crippen molar-refractivity contribution >= 4 is 21.8 Å². The number of halogens is 1. The number of hydrogen-bond acceptors (Lipinski definition) is 4. The molecule has 0 radical (unpaired) electrons. The molecule has 5 nitrogen and oxygen atoms in total. The maximum Gasteiger partial charge on any atom is 0.242 e. The minimum Gasteiger partial charge on any atom is -0.350 e. The van der Waals surface area contributed by atoms with Crippen LogP contribution in [0.25, 0.3) is 0 Å². The number of carbonyl (C=O) groups excluding carboxylic acids is 1. The number of hydrogen-bond donors (Lipinski definition) is 2. The molecule has 0 aliphatic rings. The molecule has 3 rings (SSSR count). The molecule has 0 fully saturated rings. The molecular weight excluding hydrogens is 392 g/mol. The monoisotopic (exact) mass is 410 g/mol. The first-order valence-electron chi connectivity index (χ1n) is 8.27. The Morgan fingerprint density at radius 3 is 2.19 bits per heavy atom. The molecule has 0 saturated heterocycles. The van der Waals surface area contributed by atoms with Gasteiger partial charge in [-0.1, -0.05) is 46.3 Å². The number of benzene rings is 1. The Morgan fingerprint density at radius 2 is 1.58 bits per heavy atom. The molecule has 0 aliphatic carbocycles. The van der Waals surface area contributed by atoms with E-state index in [1.165, 1.54) is 0 Å². The first-order chi connectivity index (χ1) is 12.7. The summed E-state index contributed by atoms with van der Waals surface area (Å²) in [5.41, 5.74) is 2.86. The van der Waals surface area contributed by atoms with Crippen molar-refractivity contribution in [1.82, 2.24) is 20.6 Å². The van der Waals surface area contributed by atoms with E-state index in [0.29, 0.717) is 13.1 Å². The third-order valence-corrected chi connectivity index (χ3v) is 4.62. The predicted molar refractivity (Wildman–Crippen MR) is 104 cm³/mol. The van der Waals surface area contributed by atoms with Crippen LogP contribution < -0.4 is 10.6 Å². The van der Waals surface area contributed by atoms with Crippen molar-refractivity contribution in [1.29, 1.82) is 0 Å². The Labute approximate surface area is 161 Å². The fourth-order valence-corrected chi connectivity index (χ4v) is 3.08. The van der Waals surface area contributed by atoms with Crippen molar-refractivity contribution in [2.45, 2.75) is 19.1 Å². The first-order valence-corrected chi connectivity index (χ1v) is 9.06. The summed E-state index contributed by atoms with van der Waals surface area (Å²) in [6, 6.07) is 14.9. The summed E-state index contributed by atoms with van der Waals surface area (Å²) in [6.45, 7) is 0.975. The lowest BCUT2D eigenvalue weighted by Crippen LogP contribution is -2.37. The zero-order chi connectivity index (χ0) is 18.2. The van der Waals surface area contributed by atoms with Gasteiger partial charge in [-0.25, -0.2) is 0 Å². The third-order valence-electron chi connectivity index (χ3n) is 3.90. The molecule has 0 saturated carbocycles. The fourth-order valence-electron chi connectivity index (χ4n) is 2.57. The number of carbonyl (C=O) groups is 1. The molecule has 2 heterocycles. The molecule has 3 aromatic rings. The molecule has 1 atom stereocenters. The van der Waals surface area contributed by atoms with Gasteiger partial charge in [0, 0.05) is 42.3 Å². The SMILES string of the molecule is O=C(NCc1cccnc1)C(NCc1cccnc1)c1ccccc1Br. The van der Waals surface area contributed by atoms with Gasteiger partial charge in [-0.15, -0.1) is 0 Å². The summed E-state index contributed by atoms with van der Waals surface area (Å²) < 4.78 is 0.889. The summed E-state index contributed by atoms with van der Waals surface area (Å²) in [5.74, 6) is -0.0929. The summed E-state index contributed by atoms with van der Waals surface area (Å²) in [6.07, 6.45) is 6.98. The normalized spacial score (nSPS) is 11.7. The molecule has 0 aliphatic heterocycles. The average Bonchev–Trinajstić information content (AvgIpc) is 2.69. The van der Waals surface area contributed by atoms with E-state index in [0.717, 1.165) is 21.2 Å². The summed E-state index contributed by atoms with van der Waals surface area (Å²) >= 11 is 3.55. The van der Waals surface area contributed by atoms with Gasteiger partial charge in [0.1, 0.15) is 6.04 Å². The van der Waals surface area contributed by atoms with Gasteiger partial charge in [0.15, 0.2) is 0 Å². The average molecular weight is 411 g/mol. The zero-order valence-electron chi connectivity index (χ0n) is 14.1. The van der Waals surface area contributed by atoms with E-state index in [2.05, 4.69) is 36.5 Å². The van der Waals surface area contributed by atoms with Gasteiger partial charge < -0.3 is 5.32 Å². The van der Waals surface area contributed by atoms with Gasteiger partial charge in [-0.05, 0) is 34.9 Å². The Bertz CT molecular complexity index is 843. The van der Waals surface area contributed by atoms with Crippen LogP contribution in [0.1, 0.15) is 22.7 Å². The molecule has 2 N–H and O–H groups in total. The van der Waals surface area contributed by atoms with Gasteiger partial charge in [-0.2, -0.15) is 0 Å². The number of pyridine rings is 2. The quantitative estimate of drug-likeness (QED) is 0.626. The van der Waals surface area contributed by atoms with Crippen molar-refractivity contribution in [3.8, 4) is 0 Å². The van der Waals surface area contributed by atoms with Crippen molar-refractivity contribution in [2.24, 2.45) is 0 Å².